The van der Waals surface area contributed by atoms with Crippen LogP contribution in [0.4, 0.5) is 11.5 Å². The second-order valence-electron chi connectivity index (χ2n) is 6.13. The highest BCUT2D eigenvalue weighted by Gasteiger charge is 2.19. The first-order chi connectivity index (χ1) is 13.6. The molecule has 0 saturated heterocycles. The van der Waals surface area contributed by atoms with Crippen LogP contribution in [0.25, 0.3) is 5.65 Å². The van der Waals surface area contributed by atoms with Crippen molar-refractivity contribution in [3.63, 3.8) is 0 Å². The number of carbonyl (C=O) groups is 1. The summed E-state index contributed by atoms with van der Waals surface area (Å²) in [6, 6.07) is 12.0. The molecule has 0 bridgehead atoms. The van der Waals surface area contributed by atoms with E-state index in [1.54, 1.807) is 13.1 Å². The minimum absolute atomic E-state index is 0.272. The van der Waals surface area contributed by atoms with Crippen LogP contribution in [0, 0.1) is 0 Å². The van der Waals surface area contributed by atoms with Crippen LogP contribution in [0.2, 0.25) is 0 Å². The largest absolute Gasteiger partial charge is 0.461 e. The van der Waals surface area contributed by atoms with Crippen molar-refractivity contribution in [3.8, 4) is 0 Å². The molecule has 0 atom stereocenters. The van der Waals surface area contributed by atoms with Gasteiger partial charge in [-0.3, -0.25) is 0 Å². The molecule has 1 aromatic carbocycles. The van der Waals surface area contributed by atoms with Crippen LogP contribution >= 0.6 is 0 Å². The number of esters is 1. The van der Waals surface area contributed by atoms with Crippen molar-refractivity contribution in [2.24, 2.45) is 4.99 Å². The number of hydrogen-bond acceptors (Lipinski definition) is 6. The molecule has 7 heteroatoms. The molecule has 28 heavy (non-hydrogen) atoms. The zero-order valence-corrected chi connectivity index (χ0v) is 16.2. The molecule has 0 fully saturated rings. The van der Waals surface area contributed by atoms with Gasteiger partial charge in [0.15, 0.2) is 17.2 Å². The summed E-state index contributed by atoms with van der Waals surface area (Å²) in [5.41, 5.74) is 2.83. The van der Waals surface area contributed by atoms with E-state index in [0.29, 0.717) is 18.0 Å². The first-order valence-corrected chi connectivity index (χ1v) is 9.10. The number of ether oxygens (including phenoxy) is 1. The van der Waals surface area contributed by atoms with E-state index in [0.717, 1.165) is 11.3 Å². The summed E-state index contributed by atoms with van der Waals surface area (Å²) in [5, 5.41) is 4.46. The number of nitrogens with zero attached hydrogens (tertiary/aromatic N) is 5. The van der Waals surface area contributed by atoms with Gasteiger partial charge in [0.2, 0.25) is 0 Å². The fraction of sp³-hybridized carbons (Fsp3) is 0.238. The Hall–Kier alpha value is -3.48. The summed E-state index contributed by atoms with van der Waals surface area (Å²) in [6.45, 7) is 4.64. The van der Waals surface area contributed by atoms with Crippen LogP contribution in [0.3, 0.4) is 0 Å². The van der Waals surface area contributed by atoms with Crippen molar-refractivity contribution >= 4 is 29.3 Å². The lowest BCUT2D eigenvalue weighted by Crippen LogP contribution is -2.18. The zero-order chi connectivity index (χ0) is 19.9. The quantitative estimate of drug-likeness (QED) is 0.462. The molecule has 144 valence electrons. The molecule has 2 heterocycles. The summed E-state index contributed by atoms with van der Waals surface area (Å²) in [5.74, 6) is 0.0119. The summed E-state index contributed by atoms with van der Waals surface area (Å²) in [6.07, 6.45) is 6.85. The molecular formula is C21H23N5O2. The van der Waals surface area contributed by atoms with Crippen LogP contribution in [0.5, 0.6) is 0 Å². The number of allylic oxidation sites excluding steroid dienone is 2. The van der Waals surface area contributed by atoms with Gasteiger partial charge in [0.1, 0.15) is 0 Å². The van der Waals surface area contributed by atoms with E-state index in [1.165, 1.54) is 10.7 Å². The topological polar surface area (TPSA) is 72.1 Å². The normalized spacial score (nSPS) is 11.5. The van der Waals surface area contributed by atoms with E-state index < -0.39 is 5.97 Å². The molecular weight excluding hydrogens is 354 g/mol. The molecule has 0 aliphatic rings. The van der Waals surface area contributed by atoms with Crippen molar-refractivity contribution in [1.29, 1.82) is 0 Å². The molecule has 3 aromatic rings. The van der Waals surface area contributed by atoms with Crippen LogP contribution in [0.1, 0.15) is 29.9 Å². The van der Waals surface area contributed by atoms with Crippen molar-refractivity contribution < 1.29 is 9.53 Å². The summed E-state index contributed by atoms with van der Waals surface area (Å²) in [7, 11) is 1.97. The van der Waals surface area contributed by atoms with Gasteiger partial charge in [-0.1, -0.05) is 36.4 Å². The lowest BCUT2D eigenvalue weighted by Gasteiger charge is -2.20. The molecule has 0 saturated carbocycles. The maximum Gasteiger partial charge on any atom is 0.358 e. The minimum Gasteiger partial charge on any atom is -0.461 e. The number of aliphatic imine (C=N–C) groups is 1. The van der Waals surface area contributed by atoms with Gasteiger partial charge >= 0.3 is 5.97 Å². The maximum absolute atomic E-state index is 12.3. The number of imidazole rings is 1. The molecule has 0 N–H and O–H groups in total. The van der Waals surface area contributed by atoms with Gasteiger partial charge in [-0.15, -0.1) is 5.10 Å². The van der Waals surface area contributed by atoms with E-state index in [1.807, 2.05) is 50.4 Å². The SMILES string of the molecule is C/C=C\C=Nc1cc(N(C)Cc2ccccc2)c2ncc(C(=O)OCC)n2n1. The highest BCUT2D eigenvalue weighted by molar-refractivity contribution is 5.89. The van der Waals surface area contributed by atoms with Crippen LogP contribution in [-0.2, 0) is 11.3 Å². The average molecular weight is 377 g/mol. The van der Waals surface area contributed by atoms with E-state index in [2.05, 4.69) is 32.1 Å². The van der Waals surface area contributed by atoms with Crippen LogP contribution < -0.4 is 4.90 Å². The van der Waals surface area contributed by atoms with Gasteiger partial charge in [-0.25, -0.2) is 19.3 Å². The highest BCUT2D eigenvalue weighted by atomic mass is 16.5. The third kappa shape index (κ3) is 4.25. The second-order valence-corrected chi connectivity index (χ2v) is 6.13. The lowest BCUT2D eigenvalue weighted by atomic mass is 10.2. The first-order valence-electron chi connectivity index (χ1n) is 9.10. The Morgan fingerprint density at radius 2 is 2.11 bits per heavy atom. The molecule has 2 aromatic heterocycles. The average Bonchev–Trinajstić information content (AvgIpc) is 3.12. The van der Waals surface area contributed by atoms with Gasteiger partial charge in [0, 0.05) is 25.9 Å². The van der Waals surface area contributed by atoms with Gasteiger partial charge in [0.25, 0.3) is 0 Å². The van der Waals surface area contributed by atoms with Gasteiger partial charge in [-0.05, 0) is 25.5 Å². The van der Waals surface area contributed by atoms with Crippen LogP contribution in [0.15, 0.2) is 59.7 Å². The molecule has 3 rings (SSSR count). The Morgan fingerprint density at radius 3 is 2.82 bits per heavy atom. The molecule has 0 spiro atoms. The smallest absolute Gasteiger partial charge is 0.358 e. The van der Waals surface area contributed by atoms with Crippen LogP contribution in [-0.4, -0.2) is 40.4 Å². The summed E-state index contributed by atoms with van der Waals surface area (Å²) in [4.78, 5) is 23.1. The summed E-state index contributed by atoms with van der Waals surface area (Å²) < 4.78 is 6.62. The Morgan fingerprint density at radius 1 is 1.32 bits per heavy atom. The van der Waals surface area contributed by atoms with E-state index >= 15 is 0 Å². The lowest BCUT2D eigenvalue weighted by molar-refractivity contribution is 0.0517. The van der Waals surface area contributed by atoms with E-state index in [4.69, 9.17) is 4.74 Å². The minimum atomic E-state index is -0.464. The number of carbonyl (C=O) groups excluding carboxylic acids is 1. The molecule has 0 aliphatic carbocycles. The molecule has 0 aliphatic heterocycles. The Kier molecular flexibility index (Phi) is 6.16. The third-order valence-electron chi connectivity index (χ3n) is 4.08. The molecule has 0 amide bonds. The van der Waals surface area contributed by atoms with Crippen molar-refractivity contribution in [3.05, 3.63) is 66.0 Å². The number of anilines is 1. The van der Waals surface area contributed by atoms with Crippen molar-refractivity contribution in [1.82, 2.24) is 14.6 Å². The number of hydrogen-bond donors (Lipinski definition) is 0. The Labute approximate surface area is 164 Å². The Bertz CT molecular complexity index is 1010. The number of rotatable bonds is 7. The van der Waals surface area contributed by atoms with Gasteiger partial charge in [-0.2, -0.15) is 0 Å². The zero-order valence-electron chi connectivity index (χ0n) is 16.2. The number of fused-ring (bicyclic) bond motifs is 1. The van der Waals surface area contributed by atoms with Gasteiger partial charge < -0.3 is 9.64 Å². The van der Waals surface area contributed by atoms with E-state index in [-0.39, 0.29) is 12.3 Å². The molecule has 0 unspecified atom stereocenters. The summed E-state index contributed by atoms with van der Waals surface area (Å²) >= 11 is 0. The number of benzene rings is 1. The highest BCUT2D eigenvalue weighted by Crippen LogP contribution is 2.26. The first kappa shape index (κ1) is 19.3. The van der Waals surface area contributed by atoms with Crippen molar-refractivity contribution in [2.45, 2.75) is 20.4 Å². The predicted molar refractivity (Wildman–Crippen MR) is 110 cm³/mol. The van der Waals surface area contributed by atoms with Crippen molar-refractivity contribution in [2.75, 3.05) is 18.6 Å². The molecule has 0 radical (unpaired) electrons. The predicted octanol–water partition coefficient (Wildman–Crippen LogP) is 3.82. The Balaban J connectivity index is 2.07. The third-order valence-corrected chi connectivity index (χ3v) is 4.08. The fourth-order valence-electron chi connectivity index (χ4n) is 2.78. The van der Waals surface area contributed by atoms with E-state index in [9.17, 15) is 4.79 Å². The van der Waals surface area contributed by atoms with Gasteiger partial charge in [0.05, 0.1) is 18.5 Å². The maximum atomic E-state index is 12.3. The fourth-order valence-corrected chi connectivity index (χ4v) is 2.78. The second kappa shape index (κ2) is 8.94. The monoisotopic (exact) mass is 377 g/mol. The molecule has 7 nitrogen and oxygen atoms in total. The number of aromatic nitrogens is 3. The standard InChI is InChI=1S/C21H23N5O2/c1-4-6-12-22-19-13-17(25(3)15-16-10-8-7-9-11-16)20-23-14-18(26(20)24-19)21(27)28-5-2/h4,6-14H,5,15H2,1-3H3/b6-4-,22-12?.